The number of para-hydroxylation sites is 1. The Morgan fingerprint density at radius 1 is 1.15 bits per heavy atom. The molecule has 0 radical (unpaired) electrons. The highest BCUT2D eigenvalue weighted by molar-refractivity contribution is 5.95. The van der Waals surface area contributed by atoms with E-state index in [1.165, 1.54) is 18.0 Å². The predicted molar refractivity (Wildman–Crippen MR) is 93.3 cm³/mol. The first kappa shape index (κ1) is 18.6. The fourth-order valence-electron chi connectivity index (χ4n) is 2.80. The van der Waals surface area contributed by atoms with Gasteiger partial charge in [-0.05, 0) is 30.2 Å². The molecule has 0 aliphatic heterocycles. The number of halogens is 3. The van der Waals surface area contributed by atoms with E-state index >= 15 is 0 Å². The molecule has 2 heterocycles. The topological polar surface area (TPSA) is 51.0 Å². The number of hydrogen-bond donors (Lipinski definition) is 0. The van der Waals surface area contributed by atoms with E-state index in [2.05, 4.69) is 10.1 Å². The summed E-state index contributed by atoms with van der Waals surface area (Å²) >= 11 is 0. The summed E-state index contributed by atoms with van der Waals surface area (Å²) < 4.78 is 42.1. The van der Waals surface area contributed by atoms with Crippen LogP contribution in [0.5, 0.6) is 0 Å². The maximum absolute atomic E-state index is 13.8. The average molecular weight is 374 g/mol. The van der Waals surface area contributed by atoms with Gasteiger partial charge in [0.25, 0.3) is 5.91 Å². The molecule has 27 heavy (non-hydrogen) atoms. The van der Waals surface area contributed by atoms with Crippen molar-refractivity contribution >= 4 is 5.91 Å². The van der Waals surface area contributed by atoms with Gasteiger partial charge in [-0.15, -0.1) is 0 Å². The lowest BCUT2D eigenvalue weighted by Gasteiger charge is -2.19. The molecule has 3 rings (SSSR count). The standard InChI is InChI=1S/C19H17F3N4O/c1-13-6-3-4-8-16(13)26-17(19(20,21)22)15(11-24-26)18(27)25(2)12-14-7-5-9-23-10-14/h3-11H,12H2,1-2H3. The highest BCUT2D eigenvalue weighted by atomic mass is 19.4. The minimum atomic E-state index is -4.74. The number of amides is 1. The smallest absolute Gasteiger partial charge is 0.337 e. The maximum atomic E-state index is 13.8. The van der Waals surface area contributed by atoms with Gasteiger partial charge in [-0.1, -0.05) is 24.3 Å². The van der Waals surface area contributed by atoms with Crippen LogP contribution in [0.1, 0.15) is 27.2 Å². The quantitative estimate of drug-likeness (QED) is 0.697. The summed E-state index contributed by atoms with van der Waals surface area (Å²) in [5, 5.41) is 3.86. The number of rotatable bonds is 4. The minimum absolute atomic E-state index is 0.138. The molecule has 0 saturated heterocycles. The normalized spacial score (nSPS) is 11.4. The summed E-state index contributed by atoms with van der Waals surface area (Å²) in [5.74, 6) is -0.758. The van der Waals surface area contributed by atoms with E-state index in [-0.39, 0.29) is 12.2 Å². The third-order valence-corrected chi connectivity index (χ3v) is 4.10. The second-order valence-corrected chi connectivity index (χ2v) is 6.13. The van der Waals surface area contributed by atoms with Gasteiger partial charge < -0.3 is 4.90 Å². The van der Waals surface area contributed by atoms with E-state index in [4.69, 9.17) is 0 Å². The third kappa shape index (κ3) is 3.84. The number of benzene rings is 1. The molecule has 1 aromatic carbocycles. The van der Waals surface area contributed by atoms with Crippen LogP contribution in [0.3, 0.4) is 0 Å². The van der Waals surface area contributed by atoms with Gasteiger partial charge in [0.2, 0.25) is 0 Å². The number of nitrogens with zero attached hydrogens (tertiary/aromatic N) is 4. The van der Waals surface area contributed by atoms with Crippen molar-refractivity contribution in [1.29, 1.82) is 0 Å². The predicted octanol–water partition coefficient (Wildman–Crippen LogP) is 3.87. The Labute approximate surface area is 154 Å². The van der Waals surface area contributed by atoms with E-state index in [1.54, 1.807) is 49.6 Å². The first-order chi connectivity index (χ1) is 12.8. The molecular formula is C19H17F3N4O. The average Bonchev–Trinajstić information content (AvgIpc) is 3.07. The van der Waals surface area contributed by atoms with Crippen LogP contribution in [0, 0.1) is 6.92 Å². The zero-order valence-electron chi connectivity index (χ0n) is 14.7. The van der Waals surface area contributed by atoms with Crippen LogP contribution in [0.2, 0.25) is 0 Å². The van der Waals surface area contributed by atoms with Gasteiger partial charge in [0, 0.05) is 26.0 Å². The molecule has 3 aromatic rings. The molecule has 8 heteroatoms. The van der Waals surface area contributed by atoms with Crippen molar-refractivity contribution in [1.82, 2.24) is 19.7 Å². The van der Waals surface area contributed by atoms with E-state index in [1.807, 2.05) is 0 Å². The van der Waals surface area contributed by atoms with Crippen molar-refractivity contribution < 1.29 is 18.0 Å². The summed E-state index contributed by atoms with van der Waals surface area (Å²) in [6, 6.07) is 10.0. The van der Waals surface area contributed by atoms with Gasteiger partial charge in [0.15, 0.2) is 5.69 Å². The second-order valence-electron chi connectivity index (χ2n) is 6.13. The van der Waals surface area contributed by atoms with Gasteiger partial charge in [-0.3, -0.25) is 9.78 Å². The van der Waals surface area contributed by atoms with Crippen LogP contribution in [0.25, 0.3) is 5.69 Å². The maximum Gasteiger partial charge on any atom is 0.434 e. The Morgan fingerprint density at radius 2 is 1.89 bits per heavy atom. The summed E-state index contributed by atoms with van der Waals surface area (Å²) in [4.78, 5) is 17.9. The van der Waals surface area contributed by atoms with Crippen LogP contribution in [-0.4, -0.2) is 32.6 Å². The fourth-order valence-corrected chi connectivity index (χ4v) is 2.80. The van der Waals surface area contributed by atoms with Crippen molar-refractivity contribution in [2.24, 2.45) is 0 Å². The minimum Gasteiger partial charge on any atom is -0.337 e. The Balaban J connectivity index is 2.01. The molecule has 0 bridgehead atoms. The highest BCUT2D eigenvalue weighted by Gasteiger charge is 2.41. The number of aryl methyl sites for hydroxylation is 1. The molecular weight excluding hydrogens is 357 g/mol. The number of pyridine rings is 1. The van der Waals surface area contributed by atoms with Crippen LogP contribution in [0.15, 0.2) is 55.0 Å². The second kappa shape index (κ2) is 7.22. The van der Waals surface area contributed by atoms with Crippen LogP contribution < -0.4 is 0 Å². The van der Waals surface area contributed by atoms with Crippen molar-refractivity contribution in [2.75, 3.05) is 7.05 Å². The Bertz CT molecular complexity index is 951. The molecule has 0 atom stereocenters. The highest BCUT2D eigenvalue weighted by Crippen LogP contribution is 2.34. The van der Waals surface area contributed by atoms with Gasteiger partial charge in [-0.2, -0.15) is 18.3 Å². The molecule has 140 valence electrons. The summed E-state index contributed by atoms with van der Waals surface area (Å²) in [6.07, 6.45) is -0.624. The number of aromatic nitrogens is 3. The number of hydrogen-bond acceptors (Lipinski definition) is 3. The zero-order chi connectivity index (χ0) is 19.6. The number of carbonyl (C=O) groups is 1. The largest absolute Gasteiger partial charge is 0.434 e. The van der Waals surface area contributed by atoms with Gasteiger partial charge in [0.05, 0.1) is 17.4 Å². The van der Waals surface area contributed by atoms with Gasteiger partial charge in [-0.25, -0.2) is 4.68 Å². The number of alkyl halides is 3. The first-order valence-corrected chi connectivity index (χ1v) is 8.14. The van der Waals surface area contributed by atoms with Gasteiger partial charge in [0.1, 0.15) is 0 Å². The summed E-state index contributed by atoms with van der Waals surface area (Å²) in [5.41, 5.74) is 0.0396. The summed E-state index contributed by atoms with van der Waals surface area (Å²) in [7, 11) is 1.45. The molecule has 0 N–H and O–H groups in total. The summed E-state index contributed by atoms with van der Waals surface area (Å²) in [6.45, 7) is 1.83. The Hall–Kier alpha value is -3.16. The van der Waals surface area contributed by atoms with Crippen LogP contribution in [-0.2, 0) is 12.7 Å². The third-order valence-electron chi connectivity index (χ3n) is 4.10. The number of carbonyl (C=O) groups excluding carboxylic acids is 1. The molecule has 0 aliphatic carbocycles. The molecule has 1 amide bonds. The molecule has 2 aromatic heterocycles. The lowest BCUT2D eigenvalue weighted by molar-refractivity contribution is -0.143. The molecule has 0 aliphatic rings. The molecule has 0 saturated carbocycles. The fraction of sp³-hybridized carbons (Fsp3) is 0.211. The van der Waals surface area contributed by atoms with Crippen LogP contribution >= 0.6 is 0 Å². The van der Waals surface area contributed by atoms with Crippen LogP contribution in [0.4, 0.5) is 13.2 Å². The molecule has 5 nitrogen and oxygen atoms in total. The van der Waals surface area contributed by atoms with Gasteiger partial charge >= 0.3 is 6.18 Å². The van der Waals surface area contributed by atoms with Crippen molar-refractivity contribution in [3.8, 4) is 5.69 Å². The Kier molecular flexibility index (Phi) is 4.98. The lowest BCUT2D eigenvalue weighted by atomic mass is 10.1. The lowest BCUT2D eigenvalue weighted by Crippen LogP contribution is -2.28. The van der Waals surface area contributed by atoms with Crippen molar-refractivity contribution in [2.45, 2.75) is 19.6 Å². The van der Waals surface area contributed by atoms with E-state index in [0.29, 0.717) is 11.1 Å². The SMILES string of the molecule is Cc1ccccc1-n1ncc(C(=O)N(C)Cc2cccnc2)c1C(F)(F)F. The van der Waals surface area contributed by atoms with E-state index in [0.717, 1.165) is 10.9 Å². The first-order valence-electron chi connectivity index (χ1n) is 8.14. The molecule has 0 spiro atoms. The van der Waals surface area contributed by atoms with Crippen molar-refractivity contribution in [3.63, 3.8) is 0 Å². The van der Waals surface area contributed by atoms with E-state index in [9.17, 15) is 18.0 Å². The zero-order valence-corrected chi connectivity index (χ0v) is 14.7. The molecule has 0 unspecified atom stereocenters. The monoisotopic (exact) mass is 374 g/mol. The van der Waals surface area contributed by atoms with Crippen molar-refractivity contribution in [3.05, 3.63) is 77.4 Å². The van der Waals surface area contributed by atoms with E-state index < -0.39 is 23.3 Å². The molecule has 0 fully saturated rings. The Morgan fingerprint density at radius 3 is 2.52 bits per heavy atom.